The van der Waals surface area contributed by atoms with Gasteiger partial charge in [-0.05, 0) is 37.1 Å². The van der Waals surface area contributed by atoms with Crippen molar-refractivity contribution < 1.29 is 31.1 Å². The fraction of sp³-hybridized carbons (Fsp3) is 0.368. The quantitative estimate of drug-likeness (QED) is 0.748. The van der Waals surface area contributed by atoms with E-state index in [1.54, 1.807) is 4.90 Å². The van der Waals surface area contributed by atoms with Gasteiger partial charge in [0.1, 0.15) is 5.82 Å². The number of carbonyl (C=O) groups is 1. The molecule has 29 heavy (non-hydrogen) atoms. The normalized spacial score (nSPS) is 16.0. The molecular weight excluding hydrogens is 400 g/mol. The minimum atomic E-state index is -4.63. The molecule has 2 heterocycles. The lowest BCUT2D eigenvalue weighted by Gasteiger charge is -2.33. The molecule has 3 rings (SSSR count). The topological polar surface area (TPSA) is 45.2 Å². The molecule has 0 saturated carbocycles. The van der Waals surface area contributed by atoms with Crippen molar-refractivity contribution >= 4 is 11.7 Å². The molecule has 1 fully saturated rings. The first-order valence-corrected chi connectivity index (χ1v) is 8.81. The first kappa shape index (κ1) is 20.9. The van der Waals surface area contributed by atoms with Gasteiger partial charge < -0.3 is 10.2 Å². The van der Waals surface area contributed by atoms with Gasteiger partial charge in [-0.3, -0.25) is 4.79 Å². The Labute approximate surface area is 162 Å². The van der Waals surface area contributed by atoms with Gasteiger partial charge in [0.15, 0.2) is 0 Å². The lowest BCUT2D eigenvalue weighted by atomic mass is 10.0. The van der Waals surface area contributed by atoms with Crippen LogP contribution in [0.5, 0.6) is 0 Å². The van der Waals surface area contributed by atoms with E-state index in [1.807, 2.05) is 0 Å². The van der Waals surface area contributed by atoms with E-state index in [4.69, 9.17) is 0 Å². The maximum absolute atomic E-state index is 13.1. The Hall–Kier alpha value is -2.78. The maximum Gasteiger partial charge on any atom is 0.417 e. The van der Waals surface area contributed by atoms with Crippen molar-refractivity contribution in [2.45, 2.75) is 31.2 Å². The van der Waals surface area contributed by atoms with Crippen LogP contribution in [0, 0.1) is 0 Å². The van der Waals surface area contributed by atoms with Crippen LogP contribution >= 0.6 is 0 Å². The average Bonchev–Trinajstić information content (AvgIpc) is 2.67. The van der Waals surface area contributed by atoms with E-state index in [9.17, 15) is 31.1 Å². The number of alkyl halides is 6. The summed E-state index contributed by atoms with van der Waals surface area (Å²) in [5.74, 6) is -0.422. The highest BCUT2D eigenvalue weighted by atomic mass is 19.4. The minimum absolute atomic E-state index is 0.338. The third-order valence-electron chi connectivity index (χ3n) is 4.71. The van der Waals surface area contributed by atoms with E-state index in [-0.39, 0.29) is 6.04 Å². The number of hydrogen-bond donors (Lipinski definition) is 1. The summed E-state index contributed by atoms with van der Waals surface area (Å²) in [6, 6.07) is 6.45. The van der Waals surface area contributed by atoms with E-state index >= 15 is 0 Å². The van der Waals surface area contributed by atoms with E-state index in [2.05, 4.69) is 10.3 Å². The molecule has 1 N–H and O–H groups in total. The highest BCUT2D eigenvalue weighted by Crippen LogP contribution is 2.32. The lowest BCUT2D eigenvalue weighted by molar-refractivity contribution is -0.138. The molecule has 156 valence electrons. The van der Waals surface area contributed by atoms with Crippen molar-refractivity contribution in [1.29, 1.82) is 0 Å². The Morgan fingerprint density at radius 2 is 1.62 bits per heavy atom. The molecule has 2 aromatic rings. The van der Waals surface area contributed by atoms with Gasteiger partial charge in [-0.2, -0.15) is 26.3 Å². The molecule has 1 saturated heterocycles. The van der Waals surface area contributed by atoms with Crippen molar-refractivity contribution in [3.8, 4) is 0 Å². The van der Waals surface area contributed by atoms with Crippen molar-refractivity contribution in [3.63, 3.8) is 0 Å². The molecular formula is C19H17F6N3O. The van der Waals surface area contributed by atoms with E-state index < -0.39 is 35.0 Å². The predicted octanol–water partition coefficient (Wildman–Crippen LogP) is 4.52. The number of aromatic nitrogens is 1. The molecule has 1 amide bonds. The molecule has 1 aromatic carbocycles. The molecule has 0 unspecified atom stereocenters. The Balaban J connectivity index is 1.60. The monoisotopic (exact) mass is 417 g/mol. The predicted molar refractivity (Wildman–Crippen MR) is 93.4 cm³/mol. The molecule has 1 aromatic heterocycles. The summed E-state index contributed by atoms with van der Waals surface area (Å²) in [5.41, 5.74) is -2.28. The number of piperidine rings is 1. The summed E-state index contributed by atoms with van der Waals surface area (Å²) in [7, 11) is 0. The SMILES string of the molecule is O=C(NC1CCN(c2ccc(C(F)(F)F)cn2)CC1)c1ccccc1C(F)(F)F. The summed E-state index contributed by atoms with van der Waals surface area (Å²) in [6.45, 7) is 0.814. The Kier molecular flexibility index (Phi) is 5.72. The van der Waals surface area contributed by atoms with Gasteiger partial charge in [0, 0.05) is 25.3 Å². The molecule has 4 nitrogen and oxygen atoms in total. The van der Waals surface area contributed by atoms with Crippen LogP contribution in [0.1, 0.15) is 34.3 Å². The Bertz CT molecular complexity index is 855. The fourth-order valence-electron chi connectivity index (χ4n) is 3.19. The van der Waals surface area contributed by atoms with Gasteiger partial charge in [0.2, 0.25) is 0 Å². The van der Waals surface area contributed by atoms with Crippen LogP contribution in [0.2, 0.25) is 0 Å². The van der Waals surface area contributed by atoms with Crippen molar-refractivity contribution in [2.24, 2.45) is 0 Å². The third-order valence-corrected chi connectivity index (χ3v) is 4.71. The smallest absolute Gasteiger partial charge is 0.356 e. The number of nitrogens with zero attached hydrogens (tertiary/aromatic N) is 2. The maximum atomic E-state index is 13.1. The van der Waals surface area contributed by atoms with E-state index in [0.717, 1.165) is 24.4 Å². The molecule has 0 spiro atoms. The zero-order chi connectivity index (χ0) is 21.2. The molecule has 1 aliphatic heterocycles. The van der Waals surface area contributed by atoms with Crippen LogP contribution in [0.3, 0.4) is 0 Å². The zero-order valence-electron chi connectivity index (χ0n) is 15.0. The molecule has 0 radical (unpaired) electrons. The second-order valence-corrected chi connectivity index (χ2v) is 6.68. The van der Waals surface area contributed by atoms with Crippen LogP contribution < -0.4 is 10.2 Å². The minimum Gasteiger partial charge on any atom is -0.356 e. The van der Waals surface area contributed by atoms with Crippen LogP contribution in [-0.2, 0) is 12.4 Å². The molecule has 0 atom stereocenters. The van der Waals surface area contributed by atoms with Crippen LogP contribution in [0.15, 0.2) is 42.6 Å². The number of benzene rings is 1. The fourth-order valence-corrected chi connectivity index (χ4v) is 3.19. The summed E-state index contributed by atoms with van der Waals surface area (Å²) in [5, 5.41) is 2.61. The van der Waals surface area contributed by atoms with Crippen LogP contribution in [-0.4, -0.2) is 30.0 Å². The summed E-state index contributed by atoms with van der Waals surface area (Å²) < 4.78 is 77.0. The number of carbonyl (C=O) groups excluding carboxylic acids is 1. The summed E-state index contributed by atoms with van der Waals surface area (Å²) >= 11 is 0. The average molecular weight is 417 g/mol. The Morgan fingerprint density at radius 1 is 0.966 bits per heavy atom. The van der Waals surface area contributed by atoms with Gasteiger partial charge in [-0.25, -0.2) is 4.98 Å². The number of halogens is 6. The number of anilines is 1. The van der Waals surface area contributed by atoms with Crippen molar-refractivity contribution in [2.75, 3.05) is 18.0 Å². The van der Waals surface area contributed by atoms with Crippen molar-refractivity contribution in [3.05, 3.63) is 59.3 Å². The largest absolute Gasteiger partial charge is 0.417 e. The Morgan fingerprint density at radius 3 is 2.17 bits per heavy atom. The van der Waals surface area contributed by atoms with Gasteiger partial charge >= 0.3 is 12.4 Å². The highest BCUT2D eigenvalue weighted by Gasteiger charge is 2.35. The first-order chi connectivity index (χ1) is 13.6. The molecule has 10 heteroatoms. The standard InChI is InChI=1S/C19H17F6N3O/c20-18(21,22)12-5-6-16(26-11-12)28-9-7-13(8-10-28)27-17(29)14-3-1-2-4-15(14)19(23,24)25/h1-6,11,13H,7-10H2,(H,27,29). The molecule has 0 bridgehead atoms. The van der Waals surface area contributed by atoms with Crippen molar-refractivity contribution in [1.82, 2.24) is 10.3 Å². The zero-order valence-corrected chi connectivity index (χ0v) is 15.0. The number of pyridine rings is 1. The summed E-state index contributed by atoms with van der Waals surface area (Å²) in [6.07, 6.45) is -7.47. The van der Waals surface area contributed by atoms with Gasteiger partial charge in [0.05, 0.1) is 16.7 Å². The van der Waals surface area contributed by atoms with E-state index in [0.29, 0.717) is 31.7 Å². The highest BCUT2D eigenvalue weighted by molar-refractivity contribution is 5.96. The van der Waals surface area contributed by atoms with Gasteiger partial charge in [0.25, 0.3) is 5.91 Å². The third kappa shape index (κ3) is 4.99. The van der Waals surface area contributed by atoms with Gasteiger partial charge in [-0.15, -0.1) is 0 Å². The molecule has 0 aliphatic carbocycles. The number of nitrogens with one attached hydrogen (secondary N) is 1. The number of hydrogen-bond acceptors (Lipinski definition) is 3. The molecule has 1 aliphatic rings. The second kappa shape index (κ2) is 7.92. The number of amides is 1. The lowest BCUT2D eigenvalue weighted by Crippen LogP contribution is -2.45. The van der Waals surface area contributed by atoms with Crippen LogP contribution in [0.4, 0.5) is 32.2 Å². The second-order valence-electron chi connectivity index (χ2n) is 6.68. The van der Waals surface area contributed by atoms with Crippen LogP contribution in [0.25, 0.3) is 0 Å². The summed E-state index contributed by atoms with van der Waals surface area (Å²) in [4.78, 5) is 17.9. The number of rotatable bonds is 3. The first-order valence-electron chi connectivity index (χ1n) is 8.81. The van der Waals surface area contributed by atoms with Gasteiger partial charge in [-0.1, -0.05) is 12.1 Å². The van der Waals surface area contributed by atoms with E-state index in [1.165, 1.54) is 18.2 Å².